The van der Waals surface area contributed by atoms with Crippen molar-refractivity contribution in [2.75, 3.05) is 0 Å². The molecule has 0 N–H and O–H groups in total. The number of hydrogen-bond acceptors (Lipinski definition) is 2. The maximum Gasteiger partial charge on any atom is 0.346 e. The Hall–Kier alpha value is -3.30. The molecule has 0 spiro atoms. The molecular formula is C23H14ClNO2. The summed E-state index contributed by atoms with van der Waals surface area (Å²) in [7, 11) is 0. The van der Waals surface area contributed by atoms with Gasteiger partial charge in [-0.3, -0.25) is 0 Å². The molecule has 0 bridgehead atoms. The number of rotatable bonds is 2. The van der Waals surface area contributed by atoms with Gasteiger partial charge in [-0.05, 0) is 42.0 Å². The lowest BCUT2D eigenvalue weighted by Crippen LogP contribution is -2.01. The Balaban J connectivity index is 1.97. The summed E-state index contributed by atoms with van der Waals surface area (Å²) in [5.74, 6) is 0. The minimum atomic E-state index is -0.344. The molecule has 0 atom stereocenters. The normalized spacial score (nSPS) is 11.3. The zero-order valence-corrected chi connectivity index (χ0v) is 15.0. The van der Waals surface area contributed by atoms with Crippen LogP contribution in [-0.4, -0.2) is 4.57 Å². The molecule has 0 aliphatic carbocycles. The van der Waals surface area contributed by atoms with Crippen LogP contribution in [0, 0.1) is 0 Å². The molecule has 3 nitrogen and oxygen atoms in total. The van der Waals surface area contributed by atoms with Crippen molar-refractivity contribution in [2.24, 2.45) is 0 Å². The van der Waals surface area contributed by atoms with Crippen molar-refractivity contribution in [2.45, 2.75) is 0 Å². The topological polar surface area (TPSA) is 35.1 Å². The van der Waals surface area contributed by atoms with Gasteiger partial charge in [-0.2, -0.15) is 0 Å². The Bertz CT molecular complexity index is 1330. The molecule has 0 radical (unpaired) electrons. The van der Waals surface area contributed by atoms with E-state index in [1.807, 2.05) is 85.1 Å². The SMILES string of the molecule is O=c1oc2ccccc2c2c1c(-c1ccc(Cl)cc1)cn2-c1ccccc1. The Kier molecular flexibility index (Phi) is 3.62. The number of hydrogen-bond donors (Lipinski definition) is 0. The van der Waals surface area contributed by atoms with E-state index >= 15 is 0 Å². The Morgan fingerprint density at radius 1 is 0.815 bits per heavy atom. The highest BCUT2D eigenvalue weighted by Gasteiger charge is 2.19. The van der Waals surface area contributed by atoms with Gasteiger partial charge in [0, 0.05) is 27.9 Å². The maximum atomic E-state index is 12.9. The Labute approximate surface area is 160 Å². The van der Waals surface area contributed by atoms with Gasteiger partial charge in [-0.1, -0.05) is 54.1 Å². The van der Waals surface area contributed by atoms with Crippen LogP contribution >= 0.6 is 11.6 Å². The molecule has 2 heterocycles. The van der Waals surface area contributed by atoms with Crippen molar-refractivity contribution in [3.05, 3.63) is 101 Å². The fourth-order valence-corrected chi connectivity index (χ4v) is 3.65. The van der Waals surface area contributed by atoms with E-state index in [-0.39, 0.29) is 5.63 Å². The average molecular weight is 372 g/mol. The maximum absolute atomic E-state index is 12.9. The quantitative estimate of drug-likeness (QED) is 0.354. The molecule has 0 fully saturated rings. The van der Waals surface area contributed by atoms with E-state index in [4.69, 9.17) is 16.0 Å². The predicted octanol–water partition coefficient (Wildman–Crippen LogP) is 6.06. The summed E-state index contributed by atoms with van der Waals surface area (Å²) in [5.41, 5.74) is 3.81. The molecule has 5 aromatic rings. The van der Waals surface area contributed by atoms with Gasteiger partial charge >= 0.3 is 5.63 Å². The molecule has 0 aliphatic rings. The zero-order valence-electron chi connectivity index (χ0n) is 14.2. The van der Waals surface area contributed by atoms with E-state index in [2.05, 4.69) is 4.57 Å². The summed E-state index contributed by atoms with van der Waals surface area (Å²) in [5, 5.41) is 2.12. The largest absolute Gasteiger partial charge is 0.422 e. The molecule has 5 rings (SSSR count). The van der Waals surface area contributed by atoms with Crippen LogP contribution in [0.1, 0.15) is 0 Å². The van der Waals surface area contributed by atoms with Crippen LogP contribution in [-0.2, 0) is 0 Å². The van der Waals surface area contributed by atoms with Crippen molar-refractivity contribution in [1.29, 1.82) is 0 Å². The highest BCUT2D eigenvalue weighted by Crippen LogP contribution is 2.35. The van der Waals surface area contributed by atoms with Gasteiger partial charge in [0.25, 0.3) is 0 Å². The number of halogens is 1. The summed E-state index contributed by atoms with van der Waals surface area (Å²) in [6.07, 6.45) is 1.99. The van der Waals surface area contributed by atoms with Gasteiger partial charge in [0.05, 0.1) is 10.9 Å². The van der Waals surface area contributed by atoms with E-state index < -0.39 is 0 Å². The van der Waals surface area contributed by atoms with Crippen LogP contribution in [0.4, 0.5) is 0 Å². The first-order chi connectivity index (χ1) is 13.2. The van der Waals surface area contributed by atoms with Crippen molar-refractivity contribution in [3.8, 4) is 16.8 Å². The predicted molar refractivity (Wildman–Crippen MR) is 110 cm³/mol. The van der Waals surface area contributed by atoms with Crippen molar-refractivity contribution >= 4 is 33.5 Å². The zero-order chi connectivity index (χ0) is 18.4. The molecular weight excluding hydrogens is 358 g/mol. The molecule has 27 heavy (non-hydrogen) atoms. The number of fused-ring (bicyclic) bond motifs is 3. The highest BCUT2D eigenvalue weighted by molar-refractivity contribution is 6.30. The van der Waals surface area contributed by atoms with E-state index in [9.17, 15) is 4.79 Å². The van der Waals surface area contributed by atoms with Crippen LogP contribution in [0.3, 0.4) is 0 Å². The van der Waals surface area contributed by atoms with Gasteiger partial charge in [0.15, 0.2) is 0 Å². The van der Waals surface area contributed by atoms with Crippen LogP contribution in [0.15, 0.2) is 94.3 Å². The molecule has 0 amide bonds. The molecule has 130 valence electrons. The molecule has 0 saturated heterocycles. The van der Waals surface area contributed by atoms with Crippen molar-refractivity contribution in [1.82, 2.24) is 4.57 Å². The van der Waals surface area contributed by atoms with Gasteiger partial charge in [0.2, 0.25) is 0 Å². The summed E-state index contributed by atoms with van der Waals surface area (Å²) in [6.45, 7) is 0. The van der Waals surface area contributed by atoms with Crippen LogP contribution in [0.25, 0.3) is 38.7 Å². The number of benzene rings is 3. The first-order valence-corrected chi connectivity index (χ1v) is 8.98. The summed E-state index contributed by atoms with van der Waals surface area (Å²) in [6, 6.07) is 25.1. The molecule has 3 aromatic carbocycles. The van der Waals surface area contributed by atoms with E-state index in [1.54, 1.807) is 0 Å². The fraction of sp³-hybridized carbons (Fsp3) is 0. The Morgan fingerprint density at radius 3 is 2.30 bits per heavy atom. The van der Waals surface area contributed by atoms with Gasteiger partial charge in [-0.25, -0.2) is 4.79 Å². The summed E-state index contributed by atoms with van der Waals surface area (Å²) in [4.78, 5) is 12.9. The minimum Gasteiger partial charge on any atom is -0.422 e. The molecule has 4 heteroatoms. The number of para-hydroxylation sites is 2. The van der Waals surface area contributed by atoms with Crippen LogP contribution in [0.2, 0.25) is 5.02 Å². The van der Waals surface area contributed by atoms with Crippen molar-refractivity contribution < 1.29 is 4.42 Å². The minimum absolute atomic E-state index is 0.344. The second-order valence-electron chi connectivity index (χ2n) is 6.36. The lowest BCUT2D eigenvalue weighted by atomic mass is 10.1. The van der Waals surface area contributed by atoms with E-state index in [0.29, 0.717) is 16.0 Å². The van der Waals surface area contributed by atoms with Crippen molar-refractivity contribution in [3.63, 3.8) is 0 Å². The van der Waals surface area contributed by atoms with Crippen LogP contribution in [0.5, 0.6) is 0 Å². The standard InChI is InChI=1S/C23H14ClNO2/c24-16-12-10-15(11-13-16)19-14-25(17-6-2-1-3-7-17)22-18-8-4-5-9-20(18)27-23(26)21(19)22/h1-14H. The highest BCUT2D eigenvalue weighted by atomic mass is 35.5. The van der Waals surface area contributed by atoms with Gasteiger partial charge in [-0.15, -0.1) is 0 Å². The van der Waals surface area contributed by atoms with Gasteiger partial charge in [0.1, 0.15) is 5.58 Å². The number of nitrogens with zero attached hydrogens (tertiary/aromatic N) is 1. The molecule has 2 aromatic heterocycles. The van der Waals surface area contributed by atoms with Gasteiger partial charge < -0.3 is 8.98 Å². The number of aromatic nitrogens is 1. The third-order valence-corrected chi connectivity index (χ3v) is 5.00. The summed E-state index contributed by atoms with van der Waals surface area (Å²) < 4.78 is 7.67. The lowest BCUT2D eigenvalue weighted by molar-refractivity contribution is 0.570. The summed E-state index contributed by atoms with van der Waals surface area (Å²) >= 11 is 6.04. The molecule has 0 aliphatic heterocycles. The third-order valence-electron chi connectivity index (χ3n) is 4.74. The van der Waals surface area contributed by atoms with Crippen LogP contribution < -0.4 is 5.63 Å². The Morgan fingerprint density at radius 2 is 1.52 bits per heavy atom. The monoisotopic (exact) mass is 371 g/mol. The first-order valence-electron chi connectivity index (χ1n) is 8.60. The first kappa shape index (κ1) is 15.9. The third kappa shape index (κ3) is 2.56. The average Bonchev–Trinajstić information content (AvgIpc) is 3.11. The fourth-order valence-electron chi connectivity index (χ4n) is 3.52. The second-order valence-corrected chi connectivity index (χ2v) is 6.80. The smallest absolute Gasteiger partial charge is 0.346 e. The van der Waals surface area contributed by atoms with E-state index in [0.717, 1.165) is 27.7 Å². The molecule has 0 saturated carbocycles. The van der Waals surface area contributed by atoms with E-state index in [1.165, 1.54) is 0 Å². The second kappa shape index (κ2) is 6.15. The molecule has 0 unspecified atom stereocenters. The lowest BCUT2D eigenvalue weighted by Gasteiger charge is -2.06.